The van der Waals surface area contributed by atoms with Crippen LogP contribution in [0.1, 0.15) is 16.7 Å². The molecule has 3 aromatic carbocycles. The molecule has 3 rings (SSSR count). The standard InChI is InChI=1S/C22H20F3O6P/c1-28-19-4-3-5-20(29-2)21(19)31-32(26,27)30-18-12-8-16(9-13-18)14-15-6-10-17(11-7-15)22(23,24)25/h3-13H,14H2,1-2H3,(H,26,27). The second kappa shape index (κ2) is 9.54. The van der Waals surface area contributed by atoms with E-state index in [0.29, 0.717) is 12.0 Å². The summed E-state index contributed by atoms with van der Waals surface area (Å²) in [6.45, 7) is 0. The number of benzene rings is 3. The van der Waals surface area contributed by atoms with E-state index in [-0.39, 0.29) is 23.0 Å². The molecule has 1 N–H and O–H groups in total. The van der Waals surface area contributed by atoms with Gasteiger partial charge < -0.3 is 18.5 Å². The second-order valence-corrected chi connectivity index (χ2v) is 7.96. The Balaban J connectivity index is 1.68. The van der Waals surface area contributed by atoms with Gasteiger partial charge in [0.2, 0.25) is 5.75 Å². The Labute approximate surface area is 182 Å². The van der Waals surface area contributed by atoms with Crippen LogP contribution in [0.15, 0.2) is 66.7 Å². The van der Waals surface area contributed by atoms with Crippen LogP contribution in [-0.4, -0.2) is 19.1 Å². The third-order valence-electron chi connectivity index (χ3n) is 4.42. The van der Waals surface area contributed by atoms with Gasteiger partial charge >= 0.3 is 14.0 Å². The summed E-state index contributed by atoms with van der Waals surface area (Å²) in [5, 5.41) is 0. The Kier molecular flexibility index (Phi) is 7.01. The van der Waals surface area contributed by atoms with Crippen molar-refractivity contribution < 1.29 is 41.2 Å². The van der Waals surface area contributed by atoms with Crippen molar-refractivity contribution in [2.75, 3.05) is 14.2 Å². The van der Waals surface area contributed by atoms with Crippen LogP contribution in [0.3, 0.4) is 0 Å². The number of hydrogen-bond donors (Lipinski definition) is 1. The van der Waals surface area contributed by atoms with E-state index >= 15 is 0 Å². The summed E-state index contributed by atoms with van der Waals surface area (Å²) in [5.74, 6) is 0.367. The molecule has 10 heteroatoms. The van der Waals surface area contributed by atoms with E-state index < -0.39 is 19.6 Å². The van der Waals surface area contributed by atoms with Gasteiger partial charge in [-0.2, -0.15) is 13.2 Å². The van der Waals surface area contributed by atoms with Crippen molar-refractivity contribution in [3.63, 3.8) is 0 Å². The zero-order valence-electron chi connectivity index (χ0n) is 17.1. The Hall–Kier alpha value is -3.16. The molecule has 0 fully saturated rings. The van der Waals surface area contributed by atoms with Crippen molar-refractivity contribution in [1.82, 2.24) is 0 Å². The number of phosphoric ester groups is 1. The predicted octanol–water partition coefficient (Wildman–Crippen LogP) is 5.87. The molecule has 0 aromatic heterocycles. The van der Waals surface area contributed by atoms with E-state index in [1.807, 2.05) is 0 Å². The van der Waals surface area contributed by atoms with Crippen LogP contribution in [0.5, 0.6) is 23.0 Å². The first kappa shape index (κ1) is 23.5. The summed E-state index contributed by atoms with van der Waals surface area (Å²) in [6, 6.07) is 15.8. The zero-order chi connectivity index (χ0) is 23.4. The number of ether oxygens (including phenoxy) is 2. The summed E-state index contributed by atoms with van der Waals surface area (Å²) < 4.78 is 71.0. The number of para-hydroxylation sites is 1. The highest BCUT2D eigenvalue weighted by Crippen LogP contribution is 2.50. The highest BCUT2D eigenvalue weighted by molar-refractivity contribution is 7.48. The maximum absolute atomic E-state index is 12.7. The number of phosphoric acid groups is 1. The average Bonchev–Trinajstić information content (AvgIpc) is 2.74. The van der Waals surface area contributed by atoms with Crippen molar-refractivity contribution in [3.05, 3.63) is 83.4 Å². The second-order valence-electron chi connectivity index (χ2n) is 6.66. The van der Waals surface area contributed by atoms with Crippen molar-refractivity contribution in [3.8, 4) is 23.0 Å². The van der Waals surface area contributed by atoms with E-state index in [1.54, 1.807) is 18.2 Å². The molecule has 0 spiro atoms. The van der Waals surface area contributed by atoms with Gasteiger partial charge in [0.1, 0.15) is 5.75 Å². The van der Waals surface area contributed by atoms with E-state index in [1.165, 1.54) is 50.6 Å². The summed E-state index contributed by atoms with van der Waals surface area (Å²) in [5.41, 5.74) is 0.749. The fourth-order valence-corrected chi connectivity index (χ4v) is 3.73. The minimum Gasteiger partial charge on any atom is -0.493 e. The monoisotopic (exact) mass is 468 g/mol. The van der Waals surface area contributed by atoms with Crippen LogP contribution in [0.2, 0.25) is 0 Å². The lowest BCUT2D eigenvalue weighted by molar-refractivity contribution is -0.137. The summed E-state index contributed by atoms with van der Waals surface area (Å²) >= 11 is 0. The average molecular weight is 468 g/mol. The fourth-order valence-electron chi connectivity index (χ4n) is 2.89. The highest BCUT2D eigenvalue weighted by Gasteiger charge is 2.30. The van der Waals surface area contributed by atoms with Crippen molar-refractivity contribution in [2.24, 2.45) is 0 Å². The number of halogens is 3. The molecule has 0 heterocycles. The maximum Gasteiger partial charge on any atom is 0.585 e. The first-order chi connectivity index (χ1) is 15.1. The van der Waals surface area contributed by atoms with Gasteiger partial charge in [0, 0.05) is 0 Å². The van der Waals surface area contributed by atoms with E-state index in [0.717, 1.165) is 17.7 Å². The lowest BCUT2D eigenvalue weighted by Gasteiger charge is -2.17. The maximum atomic E-state index is 12.7. The highest BCUT2D eigenvalue weighted by atomic mass is 31.2. The molecule has 0 aliphatic heterocycles. The van der Waals surface area contributed by atoms with Gasteiger partial charge in [0.25, 0.3) is 0 Å². The lowest BCUT2D eigenvalue weighted by Crippen LogP contribution is -2.04. The van der Waals surface area contributed by atoms with Crippen molar-refractivity contribution in [2.45, 2.75) is 12.6 Å². The molecule has 0 amide bonds. The number of alkyl halides is 3. The molecule has 0 aliphatic rings. The summed E-state index contributed by atoms with van der Waals surface area (Å²) in [6.07, 6.45) is -4.00. The fraction of sp³-hybridized carbons (Fsp3) is 0.182. The first-order valence-electron chi connectivity index (χ1n) is 9.29. The predicted molar refractivity (Wildman–Crippen MR) is 111 cm³/mol. The van der Waals surface area contributed by atoms with Crippen molar-refractivity contribution in [1.29, 1.82) is 0 Å². The largest absolute Gasteiger partial charge is 0.585 e. The summed E-state index contributed by atoms with van der Waals surface area (Å²) in [7, 11) is -1.84. The lowest BCUT2D eigenvalue weighted by atomic mass is 10.0. The van der Waals surface area contributed by atoms with Gasteiger partial charge in [0.15, 0.2) is 11.5 Å². The zero-order valence-corrected chi connectivity index (χ0v) is 18.0. The van der Waals surface area contributed by atoms with Gasteiger partial charge in [0.05, 0.1) is 19.8 Å². The Morgan fingerprint density at radius 2 is 1.31 bits per heavy atom. The van der Waals surface area contributed by atoms with Gasteiger partial charge in [-0.15, -0.1) is 0 Å². The molecule has 0 saturated carbocycles. The molecule has 3 aromatic rings. The topological polar surface area (TPSA) is 74.2 Å². The molecule has 32 heavy (non-hydrogen) atoms. The molecule has 170 valence electrons. The smallest absolute Gasteiger partial charge is 0.493 e. The van der Waals surface area contributed by atoms with Crippen LogP contribution in [0.25, 0.3) is 0 Å². The third-order valence-corrected chi connectivity index (χ3v) is 5.28. The quantitative estimate of drug-likeness (QED) is 0.417. The first-order valence-corrected chi connectivity index (χ1v) is 10.8. The van der Waals surface area contributed by atoms with Crippen LogP contribution in [0, 0.1) is 0 Å². The van der Waals surface area contributed by atoms with Crippen molar-refractivity contribution >= 4 is 7.82 Å². The SMILES string of the molecule is COc1cccc(OC)c1OP(=O)(O)Oc1ccc(Cc2ccc(C(F)(F)F)cc2)cc1. The van der Waals surface area contributed by atoms with Gasteiger partial charge in [-0.1, -0.05) is 30.3 Å². The Morgan fingerprint density at radius 3 is 1.78 bits per heavy atom. The van der Waals surface area contributed by atoms with Gasteiger partial charge in [-0.25, -0.2) is 4.57 Å². The van der Waals surface area contributed by atoms with Crippen LogP contribution in [0.4, 0.5) is 13.2 Å². The molecule has 0 aliphatic carbocycles. The molecule has 0 bridgehead atoms. The Bertz CT molecular complexity index is 1080. The van der Waals surface area contributed by atoms with Crippen LogP contribution >= 0.6 is 7.82 Å². The number of methoxy groups -OCH3 is 2. The van der Waals surface area contributed by atoms with Crippen LogP contribution in [-0.2, 0) is 17.2 Å². The third kappa shape index (κ3) is 5.96. The molecule has 0 radical (unpaired) electrons. The molecular weight excluding hydrogens is 448 g/mol. The molecule has 6 nitrogen and oxygen atoms in total. The molecule has 1 unspecified atom stereocenters. The minimum atomic E-state index is -4.59. The van der Waals surface area contributed by atoms with E-state index in [4.69, 9.17) is 18.5 Å². The molecular formula is C22H20F3O6P. The molecule has 1 atom stereocenters. The Morgan fingerprint density at radius 1 is 0.812 bits per heavy atom. The number of rotatable bonds is 8. The van der Waals surface area contributed by atoms with Crippen LogP contribution < -0.4 is 18.5 Å². The van der Waals surface area contributed by atoms with Gasteiger partial charge in [-0.05, 0) is 53.9 Å². The van der Waals surface area contributed by atoms with E-state index in [9.17, 15) is 22.6 Å². The summed E-state index contributed by atoms with van der Waals surface area (Å²) in [4.78, 5) is 10.2. The van der Waals surface area contributed by atoms with Gasteiger partial charge in [-0.3, -0.25) is 4.89 Å². The van der Waals surface area contributed by atoms with E-state index in [2.05, 4.69) is 0 Å². The normalized spacial score (nSPS) is 13.2. The molecule has 0 saturated heterocycles. The minimum absolute atomic E-state index is 0.0702. The number of hydrogen-bond acceptors (Lipinski definition) is 5.